The summed E-state index contributed by atoms with van der Waals surface area (Å²) in [6.07, 6.45) is 11.2. The molecule has 19 heavy (non-hydrogen) atoms. The summed E-state index contributed by atoms with van der Waals surface area (Å²) < 4.78 is 0. The molecule has 1 nitrogen and oxygen atoms in total. The lowest BCUT2D eigenvalue weighted by atomic mass is 9.76. The Kier molecular flexibility index (Phi) is 4.00. The maximum absolute atomic E-state index is 12.8. The van der Waals surface area contributed by atoms with Gasteiger partial charge in [0.25, 0.3) is 0 Å². The molecule has 0 saturated heterocycles. The number of benzene rings is 1. The van der Waals surface area contributed by atoms with E-state index < -0.39 is 0 Å². The van der Waals surface area contributed by atoms with E-state index >= 15 is 0 Å². The van der Waals surface area contributed by atoms with Crippen LogP contribution in [-0.2, 0) is 0 Å². The van der Waals surface area contributed by atoms with Gasteiger partial charge in [0.15, 0.2) is 5.78 Å². The fraction of sp³-hybridized carbons (Fsp3) is 0.611. The molecule has 0 atom stereocenters. The quantitative estimate of drug-likeness (QED) is 0.542. The summed E-state index contributed by atoms with van der Waals surface area (Å²) in [6.45, 7) is 0. The third-order valence-electron chi connectivity index (χ3n) is 5.00. The van der Waals surface area contributed by atoms with Gasteiger partial charge >= 0.3 is 0 Å². The van der Waals surface area contributed by atoms with Gasteiger partial charge in [0, 0.05) is 11.5 Å². The molecule has 1 heteroatoms. The molecule has 2 aliphatic carbocycles. The van der Waals surface area contributed by atoms with Crippen molar-refractivity contribution >= 4 is 5.78 Å². The second-order valence-corrected chi connectivity index (χ2v) is 6.27. The maximum Gasteiger partial charge on any atom is 0.166 e. The van der Waals surface area contributed by atoms with Crippen LogP contribution in [-0.4, -0.2) is 5.78 Å². The average Bonchev–Trinajstić information content (AvgIpc) is 2.65. The molecule has 0 aliphatic heterocycles. The van der Waals surface area contributed by atoms with Crippen molar-refractivity contribution < 1.29 is 4.79 Å². The van der Waals surface area contributed by atoms with Gasteiger partial charge < -0.3 is 0 Å². The molecule has 1 aromatic carbocycles. The van der Waals surface area contributed by atoms with Gasteiger partial charge in [-0.2, -0.15) is 0 Å². The largest absolute Gasteiger partial charge is 0.294 e. The van der Waals surface area contributed by atoms with Crippen LogP contribution < -0.4 is 0 Å². The van der Waals surface area contributed by atoms with Gasteiger partial charge in [-0.1, -0.05) is 56.4 Å². The predicted octanol–water partition coefficient (Wildman–Crippen LogP) is 5.11. The van der Waals surface area contributed by atoms with Crippen molar-refractivity contribution in [1.29, 1.82) is 0 Å². The van der Waals surface area contributed by atoms with E-state index in [9.17, 15) is 4.79 Å². The molecule has 2 aliphatic rings. The van der Waals surface area contributed by atoms with E-state index in [-0.39, 0.29) is 0 Å². The Hall–Kier alpha value is -1.11. The first kappa shape index (κ1) is 12.9. The molecule has 0 amide bonds. The third kappa shape index (κ3) is 2.75. The minimum atomic E-state index is 0.295. The van der Waals surface area contributed by atoms with Gasteiger partial charge in [0.1, 0.15) is 0 Å². The van der Waals surface area contributed by atoms with Gasteiger partial charge in [-0.05, 0) is 37.2 Å². The first-order valence-electron chi connectivity index (χ1n) is 7.99. The van der Waals surface area contributed by atoms with Crippen molar-refractivity contribution in [2.75, 3.05) is 0 Å². The molecule has 0 unspecified atom stereocenters. The van der Waals surface area contributed by atoms with Crippen LogP contribution in [0.5, 0.6) is 0 Å². The summed E-state index contributed by atoms with van der Waals surface area (Å²) in [4.78, 5) is 12.8. The summed E-state index contributed by atoms with van der Waals surface area (Å²) in [5, 5.41) is 0. The Labute approximate surface area is 116 Å². The summed E-state index contributed by atoms with van der Waals surface area (Å²) in [6, 6.07) is 8.39. The summed E-state index contributed by atoms with van der Waals surface area (Å²) >= 11 is 0. The molecular formula is C18H24O. The van der Waals surface area contributed by atoms with Crippen molar-refractivity contribution in [3.63, 3.8) is 0 Å². The molecule has 0 spiro atoms. The highest BCUT2D eigenvalue weighted by molar-refractivity contribution is 5.99. The molecule has 0 radical (unpaired) electrons. The average molecular weight is 256 g/mol. The zero-order valence-corrected chi connectivity index (χ0v) is 11.7. The number of ketones is 1. The highest BCUT2D eigenvalue weighted by atomic mass is 16.1. The molecule has 0 N–H and O–H groups in total. The van der Waals surface area contributed by atoms with E-state index in [1.165, 1.54) is 50.5 Å². The second kappa shape index (κ2) is 5.90. The molecule has 0 aromatic heterocycles. The van der Waals surface area contributed by atoms with Crippen molar-refractivity contribution in [1.82, 2.24) is 0 Å². The maximum atomic E-state index is 12.8. The second-order valence-electron chi connectivity index (χ2n) is 6.27. The minimum Gasteiger partial charge on any atom is -0.294 e. The van der Waals surface area contributed by atoms with Crippen molar-refractivity contribution in [2.24, 2.45) is 5.92 Å². The van der Waals surface area contributed by atoms with E-state index in [0.717, 1.165) is 18.4 Å². The summed E-state index contributed by atoms with van der Waals surface area (Å²) in [5.74, 6) is 1.39. The first-order chi connectivity index (χ1) is 9.36. The first-order valence-corrected chi connectivity index (χ1v) is 7.99. The Balaban J connectivity index is 1.81. The Morgan fingerprint density at radius 3 is 2.16 bits per heavy atom. The van der Waals surface area contributed by atoms with Gasteiger partial charge in [0.05, 0.1) is 0 Å². The smallest absolute Gasteiger partial charge is 0.166 e. The van der Waals surface area contributed by atoms with Crippen LogP contribution in [0.15, 0.2) is 24.3 Å². The predicted molar refractivity (Wildman–Crippen MR) is 78.6 cm³/mol. The van der Waals surface area contributed by atoms with Crippen LogP contribution in [0.25, 0.3) is 0 Å². The Bertz CT molecular complexity index is 437. The molecule has 0 bridgehead atoms. The van der Waals surface area contributed by atoms with Crippen molar-refractivity contribution in [3.05, 3.63) is 35.4 Å². The van der Waals surface area contributed by atoms with Crippen molar-refractivity contribution in [2.45, 2.75) is 63.7 Å². The van der Waals surface area contributed by atoms with Crippen molar-refractivity contribution in [3.8, 4) is 0 Å². The van der Waals surface area contributed by atoms with E-state index in [1.807, 2.05) is 6.07 Å². The van der Waals surface area contributed by atoms with Crippen LogP contribution in [0.4, 0.5) is 0 Å². The van der Waals surface area contributed by atoms with Gasteiger partial charge in [-0.25, -0.2) is 0 Å². The van der Waals surface area contributed by atoms with Crippen LogP contribution >= 0.6 is 0 Å². The lowest BCUT2D eigenvalue weighted by Crippen LogP contribution is -2.19. The standard InChI is InChI=1S/C18H24O/c19-18(15-8-3-1-2-4-9-15)17-13-6-5-12-16(17)14-10-7-11-14/h5-6,12-15H,1-4,7-11H2. The normalized spacial score (nSPS) is 21.7. The molecule has 2 fully saturated rings. The minimum absolute atomic E-state index is 0.295. The zero-order chi connectivity index (χ0) is 13.1. The Morgan fingerprint density at radius 1 is 0.842 bits per heavy atom. The number of hydrogen-bond donors (Lipinski definition) is 0. The summed E-state index contributed by atoms with van der Waals surface area (Å²) in [5.41, 5.74) is 2.38. The number of carbonyl (C=O) groups excluding carboxylic acids is 1. The van der Waals surface area contributed by atoms with Crippen LogP contribution in [0.3, 0.4) is 0 Å². The zero-order valence-electron chi connectivity index (χ0n) is 11.7. The molecular weight excluding hydrogens is 232 g/mol. The fourth-order valence-corrected chi connectivity index (χ4v) is 3.56. The SMILES string of the molecule is O=C(c1ccccc1C1CCC1)C1CCCCCC1. The summed E-state index contributed by atoms with van der Waals surface area (Å²) in [7, 11) is 0. The van der Waals surface area contributed by atoms with E-state index in [4.69, 9.17) is 0 Å². The number of rotatable bonds is 3. The lowest BCUT2D eigenvalue weighted by molar-refractivity contribution is 0.0905. The van der Waals surface area contributed by atoms with E-state index in [0.29, 0.717) is 17.6 Å². The highest BCUT2D eigenvalue weighted by Gasteiger charge is 2.27. The molecule has 3 rings (SSSR count). The third-order valence-corrected chi connectivity index (χ3v) is 5.00. The molecule has 102 valence electrons. The fourth-order valence-electron chi connectivity index (χ4n) is 3.56. The monoisotopic (exact) mass is 256 g/mol. The van der Waals surface area contributed by atoms with Gasteiger partial charge in [0.2, 0.25) is 0 Å². The van der Waals surface area contributed by atoms with Gasteiger partial charge in [-0.3, -0.25) is 4.79 Å². The number of Topliss-reactive ketones (excluding diaryl/α,β-unsaturated/α-hetero) is 1. The molecule has 1 aromatic rings. The van der Waals surface area contributed by atoms with Crippen LogP contribution in [0.1, 0.15) is 79.6 Å². The lowest BCUT2D eigenvalue weighted by Gasteiger charge is -2.28. The highest BCUT2D eigenvalue weighted by Crippen LogP contribution is 2.39. The van der Waals surface area contributed by atoms with E-state index in [2.05, 4.69) is 18.2 Å². The number of hydrogen-bond acceptors (Lipinski definition) is 1. The topological polar surface area (TPSA) is 17.1 Å². The molecule has 0 heterocycles. The van der Waals surface area contributed by atoms with E-state index in [1.54, 1.807) is 0 Å². The van der Waals surface area contributed by atoms with Crippen LogP contribution in [0.2, 0.25) is 0 Å². The number of carbonyl (C=O) groups is 1. The van der Waals surface area contributed by atoms with Gasteiger partial charge in [-0.15, -0.1) is 0 Å². The molecule has 2 saturated carbocycles. The van der Waals surface area contributed by atoms with Crippen LogP contribution in [0, 0.1) is 5.92 Å². The Morgan fingerprint density at radius 2 is 1.53 bits per heavy atom.